The molecule has 3 aliphatic rings. The number of amides is 3. The Hall–Kier alpha value is -2.82. The predicted molar refractivity (Wildman–Crippen MR) is 143 cm³/mol. The van der Waals surface area contributed by atoms with Crippen LogP contribution in [0.4, 0.5) is 0 Å². The minimum absolute atomic E-state index is 0.00255. The van der Waals surface area contributed by atoms with Gasteiger partial charge < -0.3 is 22.1 Å². The van der Waals surface area contributed by atoms with Crippen molar-refractivity contribution >= 4 is 23.5 Å². The van der Waals surface area contributed by atoms with E-state index in [0.717, 1.165) is 37.7 Å². The molecule has 2 heterocycles. The number of rotatable bonds is 11. The Morgan fingerprint density at radius 1 is 1.03 bits per heavy atom. The third-order valence-corrected chi connectivity index (χ3v) is 8.12. The number of unbranched alkanes of at least 4 members (excludes halogenated alkanes) is 1. The molecule has 38 heavy (non-hydrogen) atoms. The molecule has 3 atom stereocenters. The topological polar surface area (TPSA) is 151 Å². The summed E-state index contributed by atoms with van der Waals surface area (Å²) in [5, 5.41) is 9.05. The molecule has 208 valence electrons. The zero-order chi connectivity index (χ0) is 27.1. The van der Waals surface area contributed by atoms with E-state index >= 15 is 0 Å². The summed E-state index contributed by atoms with van der Waals surface area (Å²) < 4.78 is 0. The van der Waals surface area contributed by atoms with Gasteiger partial charge in [-0.2, -0.15) is 0 Å². The molecule has 10 nitrogen and oxygen atoms in total. The number of nitrogens with one attached hydrogen (secondary N) is 2. The van der Waals surface area contributed by atoms with Crippen LogP contribution in [-0.2, 0) is 25.6 Å². The van der Waals surface area contributed by atoms with E-state index in [9.17, 15) is 19.2 Å². The maximum absolute atomic E-state index is 13.6. The van der Waals surface area contributed by atoms with Gasteiger partial charge in [-0.15, -0.1) is 0 Å². The van der Waals surface area contributed by atoms with Gasteiger partial charge in [0.05, 0.1) is 6.04 Å². The maximum atomic E-state index is 13.6. The number of benzene rings is 1. The van der Waals surface area contributed by atoms with Crippen molar-refractivity contribution in [1.29, 1.82) is 0 Å². The Bertz CT molecular complexity index is 998. The highest BCUT2D eigenvalue weighted by atomic mass is 16.2. The van der Waals surface area contributed by atoms with Gasteiger partial charge >= 0.3 is 0 Å². The zero-order valence-electron chi connectivity index (χ0n) is 22.2. The summed E-state index contributed by atoms with van der Waals surface area (Å²) in [6.45, 7) is 1.59. The lowest BCUT2D eigenvalue weighted by molar-refractivity contribution is -0.165. The molecule has 6 N–H and O–H groups in total. The highest BCUT2D eigenvalue weighted by Gasteiger charge is 2.51. The minimum Gasteiger partial charge on any atom is -0.347 e. The van der Waals surface area contributed by atoms with Gasteiger partial charge in [-0.1, -0.05) is 49.6 Å². The quantitative estimate of drug-likeness (QED) is 0.246. The lowest BCUT2D eigenvalue weighted by Gasteiger charge is -2.44. The van der Waals surface area contributed by atoms with Crippen LogP contribution in [0.1, 0.15) is 69.8 Å². The zero-order valence-corrected chi connectivity index (χ0v) is 22.2. The SMILES string of the molecule is NCCCCC(NC(=O)[C@@H]1CCN2CC[C@@](N)(Cc3ccccc3)C(=O)N12)C(=O)C(=O)NC1CCCCC1. The number of Topliss-reactive ketones (excluding diaryl/α,β-unsaturated/α-hetero) is 1. The van der Waals surface area contributed by atoms with E-state index < -0.39 is 35.2 Å². The van der Waals surface area contributed by atoms with Gasteiger partial charge in [0.2, 0.25) is 11.7 Å². The van der Waals surface area contributed by atoms with Gasteiger partial charge in [0.15, 0.2) is 0 Å². The first-order valence-electron chi connectivity index (χ1n) is 14.1. The Balaban J connectivity index is 1.43. The molecule has 10 heteroatoms. The Kier molecular flexibility index (Phi) is 9.51. The normalized spacial score (nSPS) is 25.1. The standard InChI is InChI=1S/C28H42N6O4/c29-16-8-7-13-22(24(35)26(37)31-21-11-5-2-6-12-21)32-25(36)23-14-17-33-18-15-28(30,27(38)34(23)33)19-20-9-3-1-4-10-20/h1,3-4,9-10,21-23H,2,5-8,11-19,29-30H2,(H,31,37)(H,32,36)/t22?,23-,28+/m0/s1. The van der Waals surface area contributed by atoms with Crippen LogP contribution in [0.2, 0.25) is 0 Å². The molecule has 0 bridgehead atoms. The van der Waals surface area contributed by atoms with Crippen LogP contribution in [0, 0.1) is 0 Å². The Labute approximate surface area is 224 Å². The van der Waals surface area contributed by atoms with Crippen molar-refractivity contribution in [3.05, 3.63) is 35.9 Å². The molecule has 1 aromatic carbocycles. The van der Waals surface area contributed by atoms with Crippen molar-refractivity contribution in [3.63, 3.8) is 0 Å². The summed E-state index contributed by atoms with van der Waals surface area (Å²) in [6, 6.07) is 7.89. The van der Waals surface area contributed by atoms with Crippen molar-refractivity contribution in [2.75, 3.05) is 19.6 Å². The summed E-state index contributed by atoms with van der Waals surface area (Å²) in [7, 11) is 0. The molecule has 1 unspecified atom stereocenters. The molecule has 3 amide bonds. The molecule has 2 saturated heterocycles. The fraction of sp³-hybridized carbons (Fsp3) is 0.643. The largest absolute Gasteiger partial charge is 0.347 e. The fourth-order valence-electron chi connectivity index (χ4n) is 5.91. The first-order valence-corrected chi connectivity index (χ1v) is 14.1. The van der Waals surface area contributed by atoms with E-state index in [1.165, 1.54) is 5.01 Å². The van der Waals surface area contributed by atoms with E-state index in [2.05, 4.69) is 10.6 Å². The number of hydrogen-bond acceptors (Lipinski definition) is 7. The smallest absolute Gasteiger partial charge is 0.289 e. The van der Waals surface area contributed by atoms with Crippen molar-refractivity contribution in [2.24, 2.45) is 11.5 Å². The molecule has 1 aliphatic carbocycles. The first-order chi connectivity index (χ1) is 18.3. The summed E-state index contributed by atoms with van der Waals surface area (Å²) in [4.78, 5) is 53.1. The second kappa shape index (κ2) is 12.8. The lowest BCUT2D eigenvalue weighted by Crippen LogP contribution is -2.67. The number of nitrogens with two attached hydrogens (primary N) is 2. The van der Waals surface area contributed by atoms with Crippen LogP contribution < -0.4 is 22.1 Å². The second-order valence-electron chi connectivity index (χ2n) is 11.0. The molecule has 2 aliphatic heterocycles. The predicted octanol–water partition coefficient (Wildman–Crippen LogP) is 0.780. The molecule has 4 rings (SSSR count). The van der Waals surface area contributed by atoms with E-state index in [0.29, 0.717) is 58.2 Å². The average Bonchev–Trinajstić information content (AvgIpc) is 3.36. The van der Waals surface area contributed by atoms with E-state index in [1.807, 2.05) is 35.3 Å². The molecule has 0 spiro atoms. The monoisotopic (exact) mass is 526 g/mol. The van der Waals surface area contributed by atoms with Crippen LogP contribution >= 0.6 is 0 Å². The molecular formula is C28H42N6O4. The third-order valence-electron chi connectivity index (χ3n) is 8.12. The number of carbonyl (C=O) groups is 4. The lowest BCUT2D eigenvalue weighted by atomic mass is 9.85. The molecular weight excluding hydrogens is 484 g/mol. The first kappa shape index (κ1) is 28.2. The fourth-order valence-corrected chi connectivity index (χ4v) is 5.91. The number of ketones is 1. The Morgan fingerprint density at radius 2 is 1.76 bits per heavy atom. The van der Waals surface area contributed by atoms with Crippen molar-refractivity contribution in [2.45, 2.75) is 94.3 Å². The maximum Gasteiger partial charge on any atom is 0.289 e. The van der Waals surface area contributed by atoms with Crippen LogP contribution in [0.3, 0.4) is 0 Å². The number of fused-ring (bicyclic) bond motifs is 1. The summed E-state index contributed by atoms with van der Waals surface area (Å²) in [5.41, 5.74) is 12.1. The molecule has 3 fully saturated rings. The number of carbonyl (C=O) groups excluding carboxylic acids is 4. The number of nitrogens with zero attached hydrogens (tertiary/aromatic N) is 2. The van der Waals surface area contributed by atoms with E-state index in [4.69, 9.17) is 11.5 Å². The highest BCUT2D eigenvalue weighted by molar-refractivity contribution is 6.38. The number of hydrogen-bond donors (Lipinski definition) is 4. The third kappa shape index (κ3) is 6.59. The molecule has 0 radical (unpaired) electrons. The minimum atomic E-state index is -1.11. The average molecular weight is 527 g/mol. The molecule has 0 aromatic heterocycles. The van der Waals surface area contributed by atoms with Crippen LogP contribution in [0.15, 0.2) is 30.3 Å². The van der Waals surface area contributed by atoms with Gasteiger partial charge in [-0.25, -0.2) is 5.01 Å². The van der Waals surface area contributed by atoms with Crippen molar-refractivity contribution < 1.29 is 19.2 Å². The summed E-state index contributed by atoms with van der Waals surface area (Å²) in [5.74, 6) is -2.01. The van der Waals surface area contributed by atoms with Crippen molar-refractivity contribution in [3.8, 4) is 0 Å². The van der Waals surface area contributed by atoms with Gasteiger partial charge in [0.1, 0.15) is 11.6 Å². The van der Waals surface area contributed by atoms with Crippen LogP contribution in [0.5, 0.6) is 0 Å². The molecule has 1 saturated carbocycles. The number of hydrazine groups is 1. The second-order valence-corrected chi connectivity index (χ2v) is 11.0. The van der Waals surface area contributed by atoms with Crippen LogP contribution in [0.25, 0.3) is 0 Å². The van der Waals surface area contributed by atoms with Crippen LogP contribution in [-0.4, -0.2) is 76.8 Å². The molecule has 1 aromatic rings. The highest BCUT2D eigenvalue weighted by Crippen LogP contribution is 2.31. The summed E-state index contributed by atoms with van der Waals surface area (Å²) >= 11 is 0. The van der Waals surface area contributed by atoms with E-state index in [-0.39, 0.29) is 11.9 Å². The van der Waals surface area contributed by atoms with Crippen molar-refractivity contribution in [1.82, 2.24) is 20.7 Å². The van der Waals surface area contributed by atoms with Gasteiger partial charge in [-0.05, 0) is 63.5 Å². The van der Waals surface area contributed by atoms with Gasteiger partial charge in [0, 0.05) is 19.1 Å². The van der Waals surface area contributed by atoms with E-state index in [1.54, 1.807) is 0 Å². The summed E-state index contributed by atoms with van der Waals surface area (Å²) in [6.07, 6.45) is 7.85. The van der Waals surface area contributed by atoms with Gasteiger partial charge in [0.25, 0.3) is 11.8 Å². The van der Waals surface area contributed by atoms with Gasteiger partial charge in [-0.3, -0.25) is 24.2 Å². The Morgan fingerprint density at radius 3 is 2.47 bits per heavy atom.